The van der Waals surface area contributed by atoms with Gasteiger partial charge in [-0.15, -0.1) is 0 Å². The first kappa shape index (κ1) is 19.3. The quantitative estimate of drug-likeness (QED) is 0.483. The van der Waals surface area contributed by atoms with Gasteiger partial charge >= 0.3 is 0 Å². The zero-order valence-electron chi connectivity index (χ0n) is 15.6. The van der Waals surface area contributed by atoms with Gasteiger partial charge in [-0.05, 0) is 48.0 Å². The topological polar surface area (TPSA) is 49.9 Å². The zero-order chi connectivity index (χ0) is 20.8. The van der Waals surface area contributed by atoms with Crippen LogP contribution in [0.2, 0.25) is 5.02 Å². The van der Waals surface area contributed by atoms with Gasteiger partial charge in [0.15, 0.2) is 6.10 Å². The molecule has 3 aromatic carbocycles. The molecule has 0 saturated carbocycles. The third-order valence-corrected chi connectivity index (χ3v) is 6.15. The fraction of sp³-hybridized carbons (Fsp3) is 0.130. The smallest absolute Gasteiger partial charge is 0.266 e. The second kappa shape index (κ2) is 7.54. The molecule has 0 N–H and O–H groups in total. The molecule has 0 spiro atoms. The highest BCUT2D eigenvalue weighted by atomic mass is 79.9. The Kier molecular flexibility index (Phi) is 4.85. The van der Waals surface area contributed by atoms with Crippen molar-refractivity contribution in [3.63, 3.8) is 0 Å². The van der Waals surface area contributed by atoms with Gasteiger partial charge in [-0.2, -0.15) is 0 Å². The minimum absolute atomic E-state index is 0.276. The number of hydrogen-bond acceptors (Lipinski definition) is 4. The molecule has 2 aliphatic rings. The normalized spacial score (nSPS) is 23.2. The first-order valence-corrected chi connectivity index (χ1v) is 10.6. The Labute approximate surface area is 186 Å². The molecule has 2 saturated heterocycles. The molecule has 2 aliphatic heterocycles. The number of rotatable bonds is 3. The van der Waals surface area contributed by atoms with Crippen LogP contribution in [0.25, 0.3) is 0 Å². The van der Waals surface area contributed by atoms with Gasteiger partial charge in [0.05, 0.1) is 17.4 Å². The summed E-state index contributed by atoms with van der Waals surface area (Å²) >= 11 is 9.48. The summed E-state index contributed by atoms with van der Waals surface area (Å²) in [5.41, 5.74) is 2.16. The molecule has 5 nitrogen and oxygen atoms in total. The molecule has 7 heteroatoms. The van der Waals surface area contributed by atoms with Crippen molar-refractivity contribution in [3.05, 3.63) is 93.9 Å². The average Bonchev–Trinajstić information content (AvgIpc) is 3.26. The summed E-state index contributed by atoms with van der Waals surface area (Å²) in [5, 5.41) is 2.28. The Morgan fingerprint density at radius 1 is 0.833 bits per heavy atom. The van der Waals surface area contributed by atoms with Crippen LogP contribution in [0.4, 0.5) is 11.4 Å². The lowest BCUT2D eigenvalue weighted by atomic mass is 9.90. The first-order chi connectivity index (χ1) is 14.5. The van der Waals surface area contributed by atoms with Crippen molar-refractivity contribution in [2.75, 3.05) is 9.96 Å². The van der Waals surface area contributed by atoms with E-state index in [0.29, 0.717) is 10.7 Å². The maximum absolute atomic E-state index is 13.5. The number of para-hydroxylation sites is 1. The predicted octanol–water partition coefficient (Wildman–Crippen LogP) is 5.15. The molecule has 150 valence electrons. The summed E-state index contributed by atoms with van der Waals surface area (Å²) in [4.78, 5) is 34.1. The van der Waals surface area contributed by atoms with E-state index < -0.39 is 18.1 Å². The van der Waals surface area contributed by atoms with Crippen molar-refractivity contribution in [3.8, 4) is 0 Å². The van der Waals surface area contributed by atoms with E-state index in [1.54, 1.807) is 35.4 Å². The Morgan fingerprint density at radius 3 is 2.23 bits per heavy atom. The molecule has 3 atom stereocenters. The van der Waals surface area contributed by atoms with Crippen LogP contribution in [-0.4, -0.2) is 17.9 Å². The molecule has 2 amide bonds. The van der Waals surface area contributed by atoms with Gasteiger partial charge in [-0.3, -0.25) is 14.4 Å². The molecular formula is C23H16BrClN2O3. The first-order valence-electron chi connectivity index (χ1n) is 9.44. The highest BCUT2D eigenvalue weighted by molar-refractivity contribution is 9.10. The van der Waals surface area contributed by atoms with Crippen LogP contribution in [-0.2, 0) is 14.4 Å². The van der Waals surface area contributed by atoms with Crippen LogP contribution in [0.1, 0.15) is 11.6 Å². The van der Waals surface area contributed by atoms with E-state index in [1.807, 2.05) is 48.5 Å². The van der Waals surface area contributed by atoms with Gasteiger partial charge in [0.2, 0.25) is 5.91 Å². The van der Waals surface area contributed by atoms with Gasteiger partial charge in [0.25, 0.3) is 5.91 Å². The summed E-state index contributed by atoms with van der Waals surface area (Å²) in [7, 11) is 0. The Bertz CT molecular complexity index is 1120. The van der Waals surface area contributed by atoms with Crippen LogP contribution >= 0.6 is 27.5 Å². The summed E-state index contributed by atoms with van der Waals surface area (Å²) in [6.45, 7) is 0. The van der Waals surface area contributed by atoms with E-state index in [1.165, 1.54) is 4.90 Å². The fourth-order valence-electron chi connectivity index (χ4n) is 4.08. The summed E-state index contributed by atoms with van der Waals surface area (Å²) < 4.78 is 0.791. The van der Waals surface area contributed by atoms with Gasteiger partial charge in [0.1, 0.15) is 5.92 Å². The Hall–Kier alpha value is -2.67. The molecule has 3 aromatic rings. The molecule has 30 heavy (non-hydrogen) atoms. The van der Waals surface area contributed by atoms with Gasteiger partial charge < -0.3 is 0 Å². The minimum Gasteiger partial charge on any atom is -0.273 e. The molecule has 0 radical (unpaired) electrons. The Balaban J connectivity index is 1.59. The molecule has 5 rings (SSSR count). The van der Waals surface area contributed by atoms with Crippen LogP contribution in [0.5, 0.6) is 0 Å². The lowest BCUT2D eigenvalue weighted by Gasteiger charge is -2.28. The maximum Gasteiger partial charge on any atom is 0.266 e. The zero-order valence-corrected chi connectivity index (χ0v) is 18.0. The van der Waals surface area contributed by atoms with Crippen LogP contribution in [0.3, 0.4) is 0 Å². The third-order valence-electron chi connectivity index (χ3n) is 5.40. The number of hydroxylamine groups is 1. The van der Waals surface area contributed by atoms with Crippen molar-refractivity contribution in [1.82, 2.24) is 0 Å². The van der Waals surface area contributed by atoms with Crippen molar-refractivity contribution in [2.45, 2.75) is 12.1 Å². The van der Waals surface area contributed by atoms with Crippen molar-refractivity contribution < 1.29 is 14.4 Å². The monoisotopic (exact) mass is 482 g/mol. The number of nitrogens with zero attached hydrogens (tertiary/aromatic N) is 2. The van der Waals surface area contributed by atoms with E-state index in [9.17, 15) is 9.59 Å². The number of amides is 2. The second-order valence-electron chi connectivity index (χ2n) is 7.20. The molecule has 0 unspecified atom stereocenters. The van der Waals surface area contributed by atoms with E-state index in [-0.39, 0.29) is 11.8 Å². The van der Waals surface area contributed by atoms with Crippen LogP contribution in [0.15, 0.2) is 83.3 Å². The molecule has 2 heterocycles. The summed E-state index contributed by atoms with van der Waals surface area (Å²) in [6, 6.07) is 23.5. The van der Waals surface area contributed by atoms with Gasteiger partial charge in [0, 0.05) is 9.50 Å². The van der Waals surface area contributed by atoms with Crippen LogP contribution in [0, 0.1) is 5.92 Å². The number of benzene rings is 3. The lowest BCUT2D eigenvalue weighted by Crippen LogP contribution is -2.37. The fourth-order valence-corrected chi connectivity index (χ4v) is 4.59. The number of imide groups is 1. The second-order valence-corrected chi connectivity index (χ2v) is 8.55. The molecule has 0 aromatic heterocycles. The number of fused-ring (bicyclic) bond motifs is 1. The molecule has 0 aliphatic carbocycles. The van der Waals surface area contributed by atoms with Crippen LogP contribution < -0.4 is 9.96 Å². The highest BCUT2D eigenvalue weighted by Crippen LogP contribution is 2.47. The van der Waals surface area contributed by atoms with Crippen molar-refractivity contribution >= 4 is 50.7 Å². The van der Waals surface area contributed by atoms with E-state index in [2.05, 4.69) is 15.9 Å². The SMILES string of the molecule is O=C1[C@H]2[C@@H](c3ccc(Cl)cc3)N(c3ccccc3)O[C@H]2C(=O)N1c1cccc(Br)c1. The lowest BCUT2D eigenvalue weighted by molar-refractivity contribution is -0.126. The number of carbonyl (C=O) groups excluding carboxylic acids is 2. The van der Waals surface area contributed by atoms with E-state index in [0.717, 1.165) is 15.7 Å². The number of hydrogen-bond donors (Lipinski definition) is 0. The van der Waals surface area contributed by atoms with Gasteiger partial charge in [-0.25, -0.2) is 9.96 Å². The van der Waals surface area contributed by atoms with E-state index in [4.69, 9.17) is 16.4 Å². The molecule has 2 fully saturated rings. The Morgan fingerprint density at radius 2 is 1.53 bits per heavy atom. The minimum atomic E-state index is -0.891. The van der Waals surface area contributed by atoms with Gasteiger partial charge in [-0.1, -0.05) is 63.9 Å². The standard InChI is InChI=1S/C23H16BrClN2O3/c24-15-5-4-8-18(13-15)26-22(28)19-20(14-9-11-16(25)12-10-14)27(30-21(19)23(26)29)17-6-2-1-3-7-17/h1-13,19-21H/t19-,20+,21+/m0/s1. The average molecular weight is 484 g/mol. The third kappa shape index (κ3) is 3.12. The summed E-state index contributed by atoms with van der Waals surface area (Å²) in [6.07, 6.45) is -0.891. The molecular weight excluding hydrogens is 468 g/mol. The number of anilines is 2. The maximum atomic E-state index is 13.5. The van der Waals surface area contributed by atoms with E-state index >= 15 is 0 Å². The highest BCUT2D eigenvalue weighted by Gasteiger charge is 2.60. The molecule has 0 bridgehead atoms. The number of halogens is 2. The van der Waals surface area contributed by atoms with Crippen molar-refractivity contribution in [2.24, 2.45) is 5.92 Å². The number of carbonyl (C=O) groups is 2. The largest absolute Gasteiger partial charge is 0.273 e. The predicted molar refractivity (Wildman–Crippen MR) is 118 cm³/mol. The summed E-state index contributed by atoms with van der Waals surface area (Å²) in [5.74, 6) is -1.31. The van der Waals surface area contributed by atoms with Crippen molar-refractivity contribution in [1.29, 1.82) is 0 Å².